The first-order valence-corrected chi connectivity index (χ1v) is 15.2. The van der Waals surface area contributed by atoms with E-state index in [1.807, 2.05) is 78.9 Å². The molecule has 0 saturated carbocycles. The summed E-state index contributed by atoms with van der Waals surface area (Å²) in [6, 6.07) is 29.4. The Morgan fingerprint density at radius 2 is 1.45 bits per heavy atom. The number of hydrogen-bond donors (Lipinski definition) is 1. The number of carbonyl (C=O) groups excluding carboxylic acids is 3. The Morgan fingerprint density at radius 1 is 0.881 bits per heavy atom. The summed E-state index contributed by atoms with van der Waals surface area (Å²) in [5.74, 6) is -0.128. The maximum absolute atomic E-state index is 13.6. The van der Waals surface area contributed by atoms with E-state index in [1.54, 1.807) is 4.90 Å². The van der Waals surface area contributed by atoms with E-state index in [2.05, 4.69) is 31.3 Å². The number of hydrogen-bond acceptors (Lipinski definition) is 4. The predicted octanol–water partition coefficient (Wildman–Crippen LogP) is 6.60. The SMILES string of the molecule is CC(=O)OCC(CCCCC(=O)N1CCC[C@@H]1C(=O)NC(c1ccccc1)c1ccccc1)(c1ccccc1)C(C)C. The first-order chi connectivity index (χ1) is 20.3. The molecule has 6 nitrogen and oxygen atoms in total. The highest BCUT2D eigenvalue weighted by molar-refractivity contribution is 5.88. The van der Waals surface area contributed by atoms with Crippen LogP contribution in [0.25, 0.3) is 0 Å². The largest absolute Gasteiger partial charge is 0.465 e. The number of likely N-dealkylation sites (tertiary alicyclic amines) is 1. The van der Waals surface area contributed by atoms with Gasteiger partial charge in [0.25, 0.3) is 0 Å². The quantitative estimate of drug-likeness (QED) is 0.186. The summed E-state index contributed by atoms with van der Waals surface area (Å²) in [6.07, 6.45) is 4.20. The zero-order valence-electron chi connectivity index (χ0n) is 25.1. The van der Waals surface area contributed by atoms with Crippen LogP contribution in [-0.4, -0.2) is 41.9 Å². The monoisotopic (exact) mass is 568 g/mol. The molecule has 1 saturated heterocycles. The van der Waals surface area contributed by atoms with Gasteiger partial charge in [-0.2, -0.15) is 0 Å². The van der Waals surface area contributed by atoms with Gasteiger partial charge in [-0.1, -0.05) is 111 Å². The van der Waals surface area contributed by atoms with Crippen molar-refractivity contribution >= 4 is 17.8 Å². The lowest BCUT2D eigenvalue weighted by Crippen LogP contribution is -2.47. The van der Waals surface area contributed by atoms with Crippen molar-refractivity contribution in [3.8, 4) is 0 Å². The second kappa shape index (κ2) is 14.8. The topological polar surface area (TPSA) is 75.7 Å². The molecule has 4 rings (SSSR count). The molecule has 1 N–H and O–H groups in total. The third kappa shape index (κ3) is 7.67. The highest BCUT2D eigenvalue weighted by Crippen LogP contribution is 2.38. The van der Waals surface area contributed by atoms with Crippen LogP contribution < -0.4 is 5.32 Å². The molecule has 3 aromatic rings. The van der Waals surface area contributed by atoms with Gasteiger partial charge in [-0.15, -0.1) is 0 Å². The van der Waals surface area contributed by atoms with Crippen molar-refractivity contribution in [3.05, 3.63) is 108 Å². The van der Waals surface area contributed by atoms with E-state index in [4.69, 9.17) is 4.74 Å². The van der Waals surface area contributed by atoms with Gasteiger partial charge < -0.3 is 15.0 Å². The van der Waals surface area contributed by atoms with Crippen molar-refractivity contribution in [2.45, 2.75) is 76.8 Å². The normalized spacial score (nSPS) is 16.3. The molecule has 2 atom stereocenters. The molecule has 1 aliphatic heterocycles. The van der Waals surface area contributed by atoms with Crippen LogP contribution in [-0.2, 0) is 24.5 Å². The molecule has 222 valence electrons. The predicted molar refractivity (Wildman–Crippen MR) is 166 cm³/mol. The number of carbonyl (C=O) groups is 3. The molecule has 1 fully saturated rings. The second-order valence-electron chi connectivity index (χ2n) is 11.7. The lowest BCUT2D eigenvalue weighted by Gasteiger charge is -2.38. The highest BCUT2D eigenvalue weighted by atomic mass is 16.5. The summed E-state index contributed by atoms with van der Waals surface area (Å²) < 4.78 is 5.56. The fourth-order valence-electron chi connectivity index (χ4n) is 6.18. The fraction of sp³-hybridized carbons (Fsp3) is 0.417. The minimum atomic E-state index is -0.463. The van der Waals surface area contributed by atoms with Crippen molar-refractivity contribution < 1.29 is 19.1 Å². The van der Waals surface area contributed by atoms with E-state index in [9.17, 15) is 14.4 Å². The number of benzene rings is 3. The Kier molecular flexibility index (Phi) is 10.9. The first-order valence-electron chi connectivity index (χ1n) is 15.2. The van der Waals surface area contributed by atoms with Crippen molar-refractivity contribution in [1.29, 1.82) is 0 Å². The molecule has 1 unspecified atom stereocenters. The Bertz CT molecular complexity index is 1260. The number of rotatable bonds is 13. The van der Waals surface area contributed by atoms with E-state index >= 15 is 0 Å². The van der Waals surface area contributed by atoms with E-state index in [1.165, 1.54) is 6.92 Å². The lowest BCUT2D eigenvalue weighted by atomic mass is 9.69. The van der Waals surface area contributed by atoms with Gasteiger partial charge in [0, 0.05) is 25.3 Å². The molecular weight excluding hydrogens is 524 g/mol. The van der Waals surface area contributed by atoms with Crippen LogP contribution in [0, 0.1) is 5.92 Å². The minimum Gasteiger partial charge on any atom is -0.465 e. The Morgan fingerprint density at radius 3 is 2.00 bits per heavy atom. The van der Waals surface area contributed by atoms with Gasteiger partial charge >= 0.3 is 5.97 Å². The Hall–Kier alpha value is -3.93. The molecule has 0 aromatic heterocycles. The molecule has 0 radical (unpaired) electrons. The highest BCUT2D eigenvalue weighted by Gasteiger charge is 2.38. The zero-order chi connectivity index (χ0) is 30.0. The van der Waals surface area contributed by atoms with Gasteiger partial charge in [-0.3, -0.25) is 14.4 Å². The van der Waals surface area contributed by atoms with Crippen LogP contribution in [0.2, 0.25) is 0 Å². The molecule has 0 bridgehead atoms. The molecule has 0 aliphatic carbocycles. The minimum absolute atomic E-state index is 0.0264. The van der Waals surface area contributed by atoms with Crippen LogP contribution >= 0.6 is 0 Å². The summed E-state index contributed by atoms with van der Waals surface area (Å²) in [5, 5.41) is 3.24. The molecule has 42 heavy (non-hydrogen) atoms. The average molecular weight is 569 g/mol. The number of nitrogens with zero attached hydrogens (tertiary/aromatic N) is 1. The third-order valence-corrected chi connectivity index (χ3v) is 8.68. The summed E-state index contributed by atoms with van der Waals surface area (Å²) in [4.78, 5) is 40.5. The van der Waals surface area contributed by atoms with Gasteiger partial charge in [0.15, 0.2) is 0 Å². The fourth-order valence-corrected chi connectivity index (χ4v) is 6.18. The zero-order valence-corrected chi connectivity index (χ0v) is 25.1. The first kappa shape index (κ1) is 31.0. The van der Waals surface area contributed by atoms with Gasteiger partial charge in [0.2, 0.25) is 11.8 Å². The number of amides is 2. The molecule has 1 heterocycles. The molecule has 6 heteroatoms. The van der Waals surface area contributed by atoms with Crippen LogP contribution in [0.15, 0.2) is 91.0 Å². The number of nitrogens with one attached hydrogen (secondary N) is 1. The van der Waals surface area contributed by atoms with Crippen LogP contribution in [0.5, 0.6) is 0 Å². The van der Waals surface area contributed by atoms with Crippen molar-refractivity contribution in [2.24, 2.45) is 5.92 Å². The van der Waals surface area contributed by atoms with Crippen LogP contribution in [0.1, 0.15) is 82.0 Å². The maximum Gasteiger partial charge on any atom is 0.302 e. The van der Waals surface area contributed by atoms with Gasteiger partial charge in [-0.25, -0.2) is 0 Å². The standard InChI is InChI=1S/C36H44N2O4/c1-27(2)36(26-42-28(3)39,31-20-11-6-12-21-31)24-14-13-23-33(40)38-25-15-22-32(38)35(41)37-34(29-16-7-4-8-17-29)30-18-9-5-10-19-30/h4-12,16-21,27,32,34H,13-15,22-26H2,1-3H3,(H,37,41)/t32-,36?/m1/s1. The van der Waals surface area contributed by atoms with Crippen molar-refractivity contribution in [3.63, 3.8) is 0 Å². The third-order valence-electron chi connectivity index (χ3n) is 8.68. The summed E-state index contributed by atoms with van der Waals surface area (Å²) >= 11 is 0. The summed E-state index contributed by atoms with van der Waals surface area (Å²) in [6.45, 7) is 6.68. The maximum atomic E-state index is 13.6. The van der Waals surface area contributed by atoms with Crippen LogP contribution in [0.4, 0.5) is 0 Å². The van der Waals surface area contributed by atoms with Crippen LogP contribution in [0.3, 0.4) is 0 Å². The Labute approximate surface area is 250 Å². The second-order valence-corrected chi connectivity index (χ2v) is 11.7. The van der Waals surface area contributed by atoms with Gasteiger partial charge in [0.05, 0.1) is 6.04 Å². The molecule has 3 aromatic carbocycles. The number of ether oxygens (including phenoxy) is 1. The Balaban J connectivity index is 1.39. The van der Waals surface area contributed by atoms with Gasteiger partial charge in [0.1, 0.15) is 12.6 Å². The summed E-state index contributed by atoms with van der Waals surface area (Å²) in [5.41, 5.74) is 2.84. The van der Waals surface area contributed by atoms with Crippen molar-refractivity contribution in [1.82, 2.24) is 10.2 Å². The van der Waals surface area contributed by atoms with Gasteiger partial charge in [-0.05, 0) is 48.3 Å². The number of unbranched alkanes of at least 4 members (excludes halogenated alkanes) is 1. The number of esters is 1. The molecule has 1 aliphatic rings. The van der Waals surface area contributed by atoms with Crippen molar-refractivity contribution in [2.75, 3.05) is 13.2 Å². The average Bonchev–Trinajstić information content (AvgIpc) is 3.51. The van der Waals surface area contributed by atoms with E-state index in [-0.39, 0.29) is 35.2 Å². The molecular formula is C36H44N2O4. The molecule has 2 amide bonds. The van der Waals surface area contributed by atoms with E-state index in [0.29, 0.717) is 32.4 Å². The molecule has 0 spiro atoms. The summed E-state index contributed by atoms with van der Waals surface area (Å²) in [7, 11) is 0. The van der Waals surface area contributed by atoms with E-state index in [0.717, 1.165) is 36.0 Å². The lowest BCUT2D eigenvalue weighted by molar-refractivity contribution is -0.143. The van der Waals surface area contributed by atoms with E-state index < -0.39 is 6.04 Å². The smallest absolute Gasteiger partial charge is 0.302 e.